The van der Waals surface area contributed by atoms with Crippen LogP contribution in [-0.2, 0) is 11.3 Å². The summed E-state index contributed by atoms with van der Waals surface area (Å²) in [6.07, 6.45) is 3.22. The molecular weight excluding hydrogens is 228 g/mol. The number of amides is 1. The highest BCUT2D eigenvalue weighted by atomic mass is 16.5. The molecule has 2 rings (SSSR count). The normalized spacial score (nSPS) is 19.3. The minimum Gasteiger partial charge on any atom is -0.496 e. The predicted molar refractivity (Wildman–Crippen MR) is 70.5 cm³/mol. The highest BCUT2D eigenvalue weighted by Gasteiger charge is 2.20. The molecular formula is C14H20N2O2. The van der Waals surface area contributed by atoms with Crippen LogP contribution < -0.4 is 15.4 Å². The average molecular weight is 248 g/mol. The number of hydrogen-bond acceptors (Lipinski definition) is 3. The average Bonchev–Trinajstić information content (AvgIpc) is 2.46. The monoisotopic (exact) mass is 248 g/mol. The van der Waals surface area contributed by atoms with E-state index in [9.17, 15) is 4.79 Å². The molecule has 1 saturated heterocycles. The quantitative estimate of drug-likeness (QED) is 0.848. The summed E-state index contributed by atoms with van der Waals surface area (Å²) in [6, 6.07) is 7.71. The van der Waals surface area contributed by atoms with E-state index in [1.165, 1.54) is 0 Å². The van der Waals surface area contributed by atoms with Gasteiger partial charge in [0.15, 0.2) is 0 Å². The fraction of sp³-hybridized carbons (Fsp3) is 0.500. The van der Waals surface area contributed by atoms with Crippen LogP contribution in [0, 0.1) is 0 Å². The van der Waals surface area contributed by atoms with Gasteiger partial charge in [0.25, 0.3) is 0 Å². The minimum atomic E-state index is -0.0338. The van der Waals surface area contributed by atoms with Crippen LogP contribution in [-0.4, -0.2) is 25.6 Å². The van der Waals surface area contributed by atoms with Crippen molar-refractivity contribution in [3.63, 3.8) is 0 Å². The third kappa shape index (κ3) is 3.23. The number of methoxy groups -OCH3 is 1. The Bertz CT molecular complexity index is 401. The zero-order valence-electron chi connectivity index (χ0n) is 10.7. The van der Waals surface area contributed by atoms with Crippen LogP contribution in [0.1, 0.15) is 24.8 Å². The van der Waals surface area contributed by atoms with Gasteiger partial charge < -0.3 is 15.4 Å². The molecule has 1 fully saturated rings. The number of ether oxygens (including phenoxy) is 1. The SMILES string of the molecule is COc1ccccc1CNC(=O)[C@@H]1CCCCN1. The van der Waals surface area contributed by atoms with Gasteiger partial charge in [0.2, 0.25) is 5.91 Å². The summed E-state index contributed by atoms with van der Waals surface area (Å²) < 4.78 is 5.26. The molecule has 0 radical (unpaired) electrons. The summed E-state index contributed by atoms with van der Waals surface area (Å²) in [5.74, 6) is 0.898. The maximum atomic E-state index is 12.0. The molecule has 1 amide bonds. The van der Waals surface area contributed by atoms with Gasteiger partial charge in [-0.1, -0.05) is 24.6 Å². The molecule has 1 aliphatic heterocycles. The Hall–Kier alpha value is -1.55. The third-order valence-electron chi connectivity index (χ3n) is 3.27. The van der Waals surface area contributed by atoms with Gasteiger partial charge in [-0.3, -0.25) is 4.79 Å². The molecule has 4 nitrogen and oxygen atoms in total. The van der Waals surface area contributed by atoms with Crippen molar-refractivity contribution in [3.8, 4) is 5.75 Å². The number of piperidine rings is 1. The number of carbonyl (C=O) groups is 1. The van der Waals surface area contributed by atoms with E-state index in [-0.39, 0.29) is 11.9 Å². The number of rotatable bonds is 4. The summed E-state index contributed by atoms with van der Waals surface area (Å²) >= 11 is 0. The lowest BCUT2D eigenvalue weighted by Gasteiger charge is -2.22. The van der Waals surface area contributed by atoms with Crippen molar-refractivity contribution in [2.24, 2.45) is 0 Å². The molecule has 1 atom stereocenters. The Morgan fingerprint density at radius 1 is 1.44 bits per heavy atom. The lowest BCUT2D eigenvalue weighted by molar-refractivity contribution is -0.123. The molecule has 1 aliphatic rings. The molecule has 0 aliphatic carbocycles. The summed E-state index contributed by atoms with van der Waals surface area (Å²) in [5, 5.41) is 6.20. The number of nitrogens with one attached hydrogen (secondary N) is 2. The van der Waals surface area contributed by atoms with E-state index in [1.807, 2.05) is 24.3 Å². The Kier molecular flexibility index (Phi) is 4.59. The highest BCUT2D eigenvalue weighted by molar-refractivity contribution is 5.81. The first kappa shape index (κ1) is 12.9. The molecule has 0 spiro atoms. The molecule has 0 saturated carbocycles. The minimum absolute atomic E-state index is 0.0338. The molecule has 1 aromatic rings. The van der Waals surface area contributed by atoms with Crippen molar-refractivity contribution in [1.29, 1.82) is 0 Å². The second-order valence-electron chi connectivity index (χ2n) is 4.53. The zero-order valence-corrected chi connectivity index (χ0v) is 10.7. The number of benzene rings is 1. The van der Waals surface area contributed by atoms with Crippen LogP contribution in [0.25, 0.3) is 0 Å². The van der Waals surface area contributed by atoms with E-state index in [4.69, 9.17) is 4.74 Å². The van der Waals surface area contributed by atoms with Crippen LogP contribution in [0.5, 0.6) is 5.75 Å². The second kappa shape index (κ2) is 6.40. The Morgan fingerprint density at radius 3 is 3.00 bits per heavy atom. The Labute approximate surface area is 108 Å². The van der Waals surface area contributed by atoms with Crippen molar-refractivity contribution in [2.45, 2.75) is 31.8 Å². The van der Waals surface area contributed by atoms with E-state index < -0.39 is 0 Å². The van der Waals surface area contributed by atoms with Gasteiger partial charge in [-0.2, -0.15) is 0 Å². The van der Waals surface area contributed by atoms with E-state index >= 15 is 0 Å². The molecule has 0 bridgehead atoms. The van der Waals surface area contributed by atoms with Gasteiger partial charge in [0.05, 0.1) is 13.2 Å². The van der Waals surface area contributed by atoms with E-state index in [1.54, 1.807) is 7.11 Å². The summed E-state index contributed by atoms with van der Waals surface area (Å²) in [4.78, 5) is 12.0. The second-order valence-corrected chi connectivity index (χ2v) is 4.53. The highest BCUT2D eigenvalue weighted by Crippen LogP contribution is 2.17. The number of hydrogen-bond donors (Lipinski definition) is 2. The van der Waals surface area contributed by atoms with Gasteiger partial charge in [0.1, 0.15) is 5.75 Å². The predicted octanol–water partition coefficient (Wildman–Crippen LogP) is 1.45. The lowest BCUT2D eigenvalue weighted by atomic mass is 10.0. The molecule has 0 unspecified atom stereocenters. The van der Waals surface area contributed by atoms with Gasteiger partial charge >= 0.3 is 0 Å². The zero-order chi connectivity index (χ0) is 12.8. The molecule has 0 aromatic heterocycles. The fourth-order valence-electron chi connectivity index (χ4n) is 2.23. The Balaban J connectivity index is 1.88. The van der Waals surface area contributed by atoms with Gasteiger partial charge in [-0.05, 0) is 25.5 Å². The van der Waals surface area contributed by atoms with Crippen LogP contribution in [0.2, 0.25) is 0 Å². The van der Waals surface area contributed by atoms with Crippen molar-refractivity contribution >= 4 is 5.91 Å². The van der Waals surface area contributed by atoms with Crippen molar-refractivity contribution in [3.05, 3.63) is 29.8 Å². The van der Waals surface area contributed by atoms with Crippen LogP contribution in [0.15, 0.2) is 24.3 Å². The largest absolute Gasteiger partial charge is 0.496 e. The molecule has 18 heavy (non-hydrogen) atoms. The van der Waals surface area contributed by atoms with Crippen LogP contribution in [0.4, 0.5) is 0 Å². The standard InChI is InChI=1S/C14H20N2O2/c1-18-13-8-3-2-6-11(13)10-16-14(17)12-7-4-5-9-15-12/h2-3,6,8,12,15H,4-5,7,9-10H2,1H3,(H,16,17)/t12-/m0/s1. The van der Waals surface area contributed by atoms with Gasteiger partial charge in [-0.25, -0.2) is 0 Å². The van der Waals surface area contributed by atoms with Gasteiger partial charge in [-0.15, -0.1) is 0 Å². The summed E-state index contributed by atoms with van der Waals surface area (Å²) in [6.45, 7) is 1.45. The van der Waals surface area contributed by atoms with E-state index in [2.05, 4.69) is 10.6 Å². The molecule has 98 valence electrons. The van der Waals surface area contributed by atoms with Crippen molar-refractivity contribution < 1.29 is 9.53 Å². The summed E-state index contributed by atoms with van der Waals surface area (Å²) in [7, 11) is 1.64. The first-order valence-electron chi connectivity index (χ1n) is 6.44. The van der Waals surface area contributed by atoms with E-state index in [0.717, 1.165) is 37.1 Å². The summed E-state index contributed by atoms with van der Waals surface area (Å²) in [5.41, 5.74) is 1.00. The first-order valence-corrected chi connectivity index (χ1v) is 6.44. The van der Waals surface area contributed by atoms with E-state index in [0.29, 0.717) is 6.54 Å². The van der Waals surface area contributed by atoms with Crippen LogP contribution in [0.3, 0.4) is 0 Å². The number of carbonyl (C=O) groups excluding carboxylic acids is 1. The topological polar surface area (TPSA) is 50.4 Å². The lowest BCUT2D eigenvalue weighted by Crippen LogP contribution is -2.46. The van der Waals surface area contributed by atoms with Crippen molar-refractivity contribution in [1.82, 2.24) is 10.6 Å². The number of para-hydroxylation sites is 1. The molecule has 1 heterocycles. The first-order chi connectivity index (χ1) is 8.81. The van der Waals surface area contributed by atoms with Gasteiger partial charge in [0, 0.05) is 12.1 Å². The molecule has 2 N–H and O–H groups in total. The van der Waals surface area contributed by atoms with Crippen molar-refractivity contribution in [2.75, 3.05) is 13.7 Å². The maximum Gasteiger partial charge on any atom is 0.237 e. The fourth-order valence-corrected chi connectivity index (χ4v) is 2.23. The molecule has 1 aromatic carbocycles. The third-order valence-corrected chi connectivity index (χ3v) is 3.27. The molecule has 4 heteroatoms. The van der Waals surface area contributed by atoms with Crippen LogP contribution >= 0.6 is 0 Å². The Morgan fingerprint density at radius 2 is 2.28 bits per heavy atom. The maximum absolute atomic E-state index is 12.0. The smallest absolute Gasteiger partial charge is 0.237 e.